The first kappa shape index (κ1) is 18.0. The Bertz CT molecular complexity index is 939. The van der Waals surface area contributed by atoms with E-state index in [9.17, 15) is 19.8 Å². The van der Waals surface area contributed by atoms with Crippen molar-refractivity contribution in [2.75, 3.05) is 0 Å². The Morgan fingerprint density at radius 2 is 1.85 bits per heavy atom. The van der Waals surface area contributed by atoms with Crippen LogP contribution >= 0.6 is 11.6 Å². The third-order valence-corrected chi connectivity index (χ3v) is 4.29. The third kappa shape index (κ3) is 4.04. The van der Waals surface area contributed by atoms with E-state index in [0.29, 0.717) is 10.5 Å². The van der Waals surface area contributed by atoms with Crippen molar-refractivity contribution in [1.82, 2.24) is 10.3 Å². The number of carboxylic acids is 1. The molecule has 1 aromatic heterocycles. The second-order valence-electron chi connectivity index (χ2n) is 5.96. The van der Waals surface area contributed by atoms with Gasteiger partial charge in [0.25, 0.3) is 5.91 Å². The Kier molecular flexibility index (Phi) is 5.25. The topological polar surface area (TPSA) is 102 Å². The minimum atomic E-state index is -1.43. The van der Waals surface area contributed by atoms with E-state index in [2.05, 4.69) is 10.3 Å². The molecule has 7 heteroatoms. The molecule has 6 nitrogen and oxygen atoms in total. The van der Waals surface area contributed by atoms with E-state index in [0.717, 1.165) is 10.9 Å². The highest BCUT2D eigenvalue weighted by molar-refractivity contribution is 6.31. The number of rotatable bonds is 6. The van der Waals surface area contributed by atoms with Gasteiger partial charge < -0.3 is 20.5 Å². The summed E-state index contributed by atoms with van der Waals surface area (Å²) in [7, 11) is 0. The highest BCUT2D eigenvalue weighted by Crippen LogP contribution is 2.20. The number of aromatic amines is 1. The predicted molar refractivity (Wildman–Crippen MR) is 98.4 cm³/mol. The molecule has 1 heterocycles. The number of aliphatic hydroxyl groups excluding tert-OH is 1. The Morgan fingerprint density at radius 3 is 2.54 bits per heavy atom. The summed E-state index contributed by atoms with van der Waals surface area (Å²) in [6, 6.07) is 14.3. The monoisotopic (exact) mass is 372 g/mol. The van der Waals surface area contributed by atoms with Gasteiger partial charge in [0, 0.05) is 22.3 Å². The molecule has 0 bridgehead atoms. The standard InChI is InChI=1S/C19H17ClN2O4/c20-13-6-7-14-12(9-13)10-15(21-14)18(24)22-17(19(25)26)16(23)8-11-4-2-1-3-5-11/h1-7,9-10,16-17,21,23H,8H2,(H,22,24)(H,25,26)/t16-,17-/m1/s1. The van der Waals surface area contributed by atoms with E-state index in [4.69, 9.17) is 11.6 Å². The number of fused-ring (bicyclic) bond motifs is 1. The molecule has 0 saturated heterocycles. The SMILES string of the molecule is O=C(N[C@@H](C(=O)O)[C@H](O)Cc1ccccc1)c1cc2cc(Cl)ccc2[nH]1. The minimum Gasteiger partial charge on any atom is -0.480 e. The van der Waals surface area contributed by atoms with Gasteiger partial charge in [0.05, 0.1) is 6.10 Å². The molecule has 134 valence electrons. The van der Waals surface area contributed by atoms with Crippen molar-refractivity contribution in [2.45, 2.75) is 18.6 Å². The van der Waals surface area contributed by atoms with E-state index < -0.39 is 24.0 Å². The highest BCUT2D eigenvalue weighted by atomic mass is 35.5. The number of aliphatic carboxylic acids is 1. The fourth-order valence-electron chi connectivity index (χ4n) is 2.74. The summed E-state index contributed by atoms with van der Waals surface area (Å²) in [6.45, 7) is 0. The van der Waals surface area contributed by atoms with Gasteiger partial charge in [-0.25, -0.2) is 4.79 Å². The summed E-state index contributed by atoms with van der Waals surface area (Å²) in [5.74, 6) is -1.92. The van der Waals surface area contributed by atoms with Gasteiger partial charge in [-0.3, -0.25) is 4.79 Å². The lowest BCUT2D eigenvalue weighted by Crippen LogP contribution is -2.49. The van der Waals surface area contributed by atoms with Crippen LogP contribution in [0.3, 0.4) is 0 Å². The summed E-state index contributed by atoms with van der Waals surface area (Å²) in [5, 5.41) is 23.3. The van der Waals surface area contributed by atoms with Gasteiger partial charge >= 0.3 is 5.97 Å². The number of hydrogen-bond acceptors (Lipinski definition) is 3. The zero-order valence-corrected chi connectivity index (χ0v) is 14.4. The van der Waals surface area contributed by atoms with E-state index in [1.807, 2.05) is 6.07 Å². The quantitative estimate of drug-likeness (QED) is 0.534. The van der Waals surface area contributed by atoms with Crippen LogP contribution in [0.2, 0.25) is 5.02 Å². The molecule has 2 atom stereocenters. The lowest BCUT2D eigenvalue weighted by molar-refractivity contribution is -0.142. The Morgan fingerprint density at radius 1 is 1.12 bits per heavy atom. The molecule has 4 N–H and O–H groups in total. The van der Waals surface area contributed by atoms with Gasteiger partial charge in [0.15, 0.2) is 6.04 Å². The van der Waals surface area contributed by atoms with Crippen LogP contribution in [0.4, 0.5) is 0 Å². The Labute approximate surface area is 154 Å². The number of benzene rings is 2. The number of halogens is 1. The summed E-state index contributed by atoms with van der Waals surface area (Å²) >= 11 is 5.93. The van der Waals surface area contributed by atoms with Crippen molar-refractivity contribution < 1.29 is 19.8 Å². The van der Waals surface area contributed by atoms with E-state index in [1.165, 1.54) is 0 Å². The first-order valence-corrected chi connectivity index (χ1v) is 8.36. The molecule has 0 saturated carbocycles. The molecule has 0 spiro atoms. The van der Waals surface area contributed by atoms with E-state index in [1.54, 1.807) is 48.5 Å². The van der Waals surface area contributed by atoms with Crippen LogP contribution in [-0.2, 0) is 11.2 Å². The Hall–Kier alpha value is -2.83. The van der Waals surface area contributed by atoms with Gasteiger partial charge in [-0.05, 0) is 29.8 Å². The Balaban J connectivity index is 1.75. The molecule has 0 fully saturated rings. The molecule has 1 amide bonds. The average molecular weight is 373 g/mol. The molecule has 0 radical (unpaired) electrons. The van der Waals surface area contributed by atoms with Crippen molar-refractivity contribution in [3.63, 3.8) is 0 Å². The van der Waals surface area contributed by atoms with E-state index >= 15 is 0 Å². The number of carbonyl (C=O) groups is 2. The minimum absolute atomic E-state index is 0.112. The van der Waals surface area contributed by atoms with Crippen molar-refractivity contribution in [1.29, 1.82) is 0 Å². The maximum atomic E-state index is 12.4. The van der Waals surface area contributed by atoms with Gasteiger partial charge in [-0.1, -0.05) is 41.9 Å². The van der Waals surface area contributed by atoms with Crippen LogP contribution in [0.15, 0.2) is 54.6 Å². The summed E-state index contributed by atoms with van der Waals surface area (Å²) in [6.07, 6.45) is -1.15. The molecule has 0 aliphatic heterocycles. The molecule has 2 aromatic carbocycles. The van der Waals surface area contributed by atoms with Crippen molar-refractivity contribution in [2.24, 2.45) is 0 Å². The number of aliphatic hydroxyl groups is 1. The molecule has 0 aliphatic rings. The summed E-state index contributed by atoms with van der Waals surface area (Å²) < 4.78 is 0. The molecule has 3 aromatic rings. The van der Waals surface area contributed by atoms with Gasteiger partial charge in [-0.15, -0.1) is 0 Å². The second kappa shape index (κ2) is 7.59. The zero-order chi connectivity index (χ0) is 18.7. The highest BCUT2D eigenvalue weighted by Gasteiger charge is 2.29. The van der Waals surface area contributed by atoms with Crippen LogP contribution < -0.4 is 5.32 Å². The number of nitrogens with one attached hydrogen (secondary N) is 2. The lowest BCUT2D eigenvalue weighted by atomic mass is 10.0. The average Bonchev–Trinajstić information content (AvgIpc) is 3.03. The number of hydrogen-bond donors (Lipinski definition) is 4. The largest absolute Gasteiger partial charge is 0.480 e. The van der Waals surface area contributed by atoms with Crippen LogP contribution in [0.1, 0.15) is 16.1 Å². The summed E-state index contributed by atoms with van der Waals surface area (Å²) in [4.78, 5) is 26.8. The fraction of sp³-hybridized carbons (Fsp3) is 0.158. The lowest BCUT2D eigenvalue weighted by Gasteiger charge is -2.20. The molecular formula is C19H17ClN2O4. The van der Waals surface area contributed by atoms with Gasteiger partial charge in [0.1, 0.15) is 5.69 Å². The van der Waals surface area contributed by atoms with Gasteiger partial charge in [-0.2, -0.15) is 0 Å². The molecule has 0 unspecified atom stereocenters. The van der Waals surface area contributed by atoms with Crippen LogP contribution in [0.5, 0.6) is 0 Å². The van der Waals surface area contributed by atoms with Crippen LogP contribution in [0, 0.1) is 0 Å². The fourth-order valence-corrected chi connectivity index (χ4v) is 2.92. The molecular weight excluding hydrogens is 356 g/mol. The molecule has 3 rings (SSSR count). The predicted octanol–water partition coefficient (Wildman–Crippen LogP) is 2.61. The number of carboxylic acid groups (broad SMARTS) is 1. The smallest absolute Gasteiger partial charge is 0.328 e. The second-order valence-corrected chi connectivity index (χ2v) is 6.40. The maximum absolute atomic E-state index is 12.4. The van der Waals surface area contributed by atoms with Crippen molar-refractivity contribution >= 4 is 34.4 Å². The van der Waals surface area contributed by atoms with E-state index in [-0.39, 0.29) is 12.1 Å². The molecule has 0 aliphatic carbocycles. The number of aromatic nitrogens is 1. The van der Waals surface area contributed by atoms with Crippen molar-refractivity contribution in [3.8, 4) is 0 Å². The van der Waals surface area contributed by atoms with Gasteiger partial charge in [0.2, 0.25) is 0 Å². The first-order chi connectivity index (χ1) is 12.4. The number of amides is 1. The first-order valence-electron chi connectivity index (χ1n) is 7.98. The van der Waals surface area contributed by atoms with Crippen LogP contribution in [-0.4, -0.2) is 39.2 Å². The number of carbonyl (C=O) groups excluding carboxylic acids is 1. The normalized spacial score (nSPS) is 13.3. The summed E-state index contributed by atoms with van der Waals surface area (Å²) in [5.41, 5.74) is 1.68. The molecule has 26 heavy (non-hydrogen) atoms. The zero-order valence-electron chi connectivity index (χ0n) is 13.6. The third-order valence-electron chi connectivity index (χ3n) is 4.05. The van der Waals surface area contributed by atoms with Crippen LogP contribution in [0.25, 0.3) is 10.9 Å². The van der Waals surface area contributed by atoms with Crippen molar-refractivity contribution in [3.05, 3.63) is 70.9 Å². The maximum Gasteiger partial charge on any atom is 0.328 e. The number of H-pyrrole nitrogens is 1.